The SMILES string of the molecule is CCCC(N)c1ccc(-c2ccc(C)cc2)s1. The van der Waals surface area contributed by atoms with Gasteiger partial charge in [0.15, 0.2) is 0 Å². The molecule has 0 radical (unpaired) electrons. The molecule has 1 heterocycles. The van der Waals surface area contributed by atoms with E-state index in [0.717, 1.165) is 12.8 Å². The number of hydrogen-bond donors (Lipinski definition) is 1. The highest BCUT2D eigenvalue weighted by atomic mass is 32.1. The summed E-state index contributed by atoms with van der Waals surface area (Å²) in [6.45, 7) is 4.29. The molecule has 2 heteroatoms. The molecule has 1 unspecified atom stereocenters. The molecule has 0 saturated heterocycles. The van der Waals surface area contributed by atoms with Gasteiger partial charge in [0.05, 0.1) is 0 Å². The van der Waals surface area contributed by atoms with Crippen LogP contribution < -0.4 is 5.73 Å². The maximum absolute atomic E-state index is 6.13. The number of thiophene rings is 1. The molecule has 17 heavy (non-hydrogen) atoms. The Bertz CT molecular complexity index is 470. The third-order valence-electron chi connectivity index (χ3n) is 2.93. The van der Waals surface area contributed by atoms with Crippen LogP contribution in [0.25, 0.3) is 10.4 Å². The fraction of sp³-hybridized carbons (Fsp3) is 0.333. The summed E-state index contributed by atoms with van der Waals surface area (Å²) in [5.74, 6) is 0. The minimum Gasteiger partial charge on any atom is -0.323 e. The molecule has 2 aromatic rings. The van der Waals surface area contributed by atoms with Crippen molar-refractivity contribution >= 4 is 11.3 Å². The second-order valence-corrected chi connectivity index (χ2v) is 5.58. The minimum absolute atomic E-state index is 0.198. The van der Waals surface area contributed by atoms with Gasteiger partial charge >= 0.3 is 0 Å². The normalized spacial score (nSPS) is 12.6. The lowest BCUT2D eigenvalue weighted by Crippen LogP contribution is -2.07. The largest absolute Gasteiger partial charge is 0.323 e. The van der Waals surface area contributed by atoms with Crippen molar-refractivity contribution in [2.45, 2.75) is 32.7 Å². The Hall–Kier alpha value is -1.12. The first kappa shape index (κ1) is 12.3. The average molecular weight is 245 g/mol. The van der Waals surface area contributed by atoms with Gasteiger partial charge in [0.2, 0.25) is 0 Å². The van der Waals surface area contributed by atoms with E-state index in [4.69, 9.17) is 5.73 Å². The molecule has 0 aliphatic rings. The van der Waals surface area contributed by atoms with Gasteiger partial charge in [-0.1, -0.05) is 43.2 Å². The van der Waals surface area contributed by atoms with Gasteiger partial charge in [-0.3, -0.25) is 0 Å². The van der Waals surface area contributed by atoms with Crippen molar-refractivity contribution in [3.05, 3.63) is 46.8 Å². The van der Waals surface area contributed by atoms with Crippen LogP contribution in [0.3, 0.4) is 0 Å². The molecule has 0 aliphatic heterocycles. The van der Waals surface area contributed by atoms with E-state index in [2.05, 4.69) is 50.2 Å². The van der Waals surface area contributed by atoms with E-state index in [9.17, 15) is 0 Å². The van der Waals surface area contributed by atoms with Crippen molar-refractivity contribution in [2.75, 3.05) is 0 Å². The molecule has 1 atom stereocenters. The van der Waals surface area contributed by atoms with E-state index >= 15 is 0 Å². The lowest BCUT2D eigenvalue weighted by molar-refractivity contribution is 0.648. The standard InChI is InChI=1S/C15H19NS/c1-3-4-13(16)15-10-9-14(17-15)12-7-5-11(2)6-8-12/h5-10,13H,3-4,16H2,1-2H3. The number of rotatable bonds is 4. The van der Waals surface area contributed by atoms with Crippen LogP contribution in [0.1, 0.15) is 36.2 Å². The van der Waals surface area contributed by atoms with Gasteiger partial charge in [-0.2, -0.15) is 0 Å². The zero-order chi connectivity index (χ0) is 12.3. The Morgan fingerprint density at radius 1 is 1.12 bits per heavy atom. The quantitative estimate of drug-likeness (QED) is 0.841. The van der Waals surface area contributed by atoms with Crippen LogP contribution in [0.4, 0.5) is 0 Å². The first-order valence-electron chi connectivity index (χ1n) is 6.13. The van der Waals surface area contributed by atoms with Gasteiger partial charge in [-0.15, -0.1) is 11.3 Å². The third kappa shape index (κ3) is 2.96. The van der Waals surface area contributed by atoms with Crippen molar-refractivity contribution in [1.82, 2.24) is 0 Å². The van der Waals surface area contributed by atoms with Crippen LogP contribution in [0.15, 0.2) is 36.4 Å². The summed E-state index contributed by atoms with van der Waals surface area (Å²) in [5, 5.41) is 0. The van der Waals surface area contributed by atoms with Crippen molar-refractivity contribution in [3.8, 4) is 10.4 Å². The maximum atomic E-state index is 6.13. The summed E-state index contributed by atoms with van der Waals surface area (Å²) >= 11 is 1.81. The topological polar surface area (TPSA) is 26.0 Å². The molecule has 1 nitrogen and oxygen atoms in total. The second-order valence-electron chi connectivity index (χ2n) is 4.46. The average Bonchev–Trinajstić information content (AvgIpc) is 2.80. The molecular formula is C15H19NS. The van der Waals surface area contributed by atoms with E-state index in [1.165, 1.54) is 20.9 Å². The number of aryl methyl sites for hydroxylation is 1. The van der Waals surface area contributed by atoms with E-state index in [-0.39, 0.29) is 6.04 Å². The van der Waals surface area contributed by atoms with Crippen LogP contribution >= 0.6 is 11.3 Å². The molecule has 0 spiro atoms. The van der Waals surface area contributed by atoms with E-state index < -0.39 is 0 Å². The molecule has 2 N–H and O–H groups in total. The Balaban J connectivity index is 2.20. The van der Waals surface area contributed by atoms with E-state index in [0.29, 0.717) is 0 Å². The van der Waals surface area contributed by atoms with Crippen LogP contribution in [0.2, 0.25) is 0 Å². The zero-order valence-corrected chi connectivity index (χ0v) is 11.3. The van der Waals surface area contributed by atoms with Crippen LogP contribution in [-0.4, -0.2) is 0 Å². The molecule has 0 fully saturated rings. The number of benzene rings is 1. The smallest absolute Gasteiger partial charge is 0.0389 e. The molecule has 2 rings (SSSR count). The lowest BCUT2D eigenvalue weighted by Gasteiger charge is -2.06. The highest BCUT2D eigenvalue weighted by Crippen LogP contribution is 2.32. The summed E-state index contributed by atoms with van der Waals surface area (Å²) in [4.78, 5) is 2.61. The van der Waals surface area contributed by atoms with Crippen molar-refractivity contribution in [2.24, 2.45) is 5.73 Å². The fourth-order valence-corrected chi connectivity index (χ4v) is 2.93. The van der Waals surface area contributed by atoms with Crippen molar-refractivity contribution in [1.29, 1.82) is 0 Å². The maximum Gasteiger partial charge on any atom is 0.0389 e. The van der Waals surface area contributed by atoms with Crippen molar-refractivity contribution < 1.29 is 0 Å². The molecule has 90 valence electrons. The Morgan fingerprint density at radius 3 is 2.47 bits per heavy atom. The lowest BCUT2D eigenvalue weighted by atomic mass is 10.1. The molecular weight excluding hydrogens is 226 g/mol. The molecule has 0 aliphatic carbocycles. The summed E-state index contributed by atoms with van der Waals surface area (Å²) < 4.78 is 0. The Morgan fingerprint density at radius 2 is 1.82 bits per heavy atom. The van der Waals surface area contributed by atoms with Crippen LogP contribution in [0, 0.1) is 6.92 Å². The summed E-state index contributed by atoms with van der Waals surface area (Å²) in [5.41, 5.74) is 8.72. The Kier molecular flexibility index (Phi) is 3.97. The second kappa shape index (κ2) is 5.48. The predicted octanol–water partition coefficient (Wildman–Crippen LogP) is 4.52. The number of nitrogens with two attached hydrogens (primary N) is 1. The monoisotopic (exact) mass is 245 g/mol. The zero-order valence-electron chi connectivity index (χ0n) is 10.4. The van der Waals surface area contributed by atoms with Crippen LogP contribution in [0.5, 0.6) is 0 Å². The fourth-order valence-electron chi connectivity index (χ4n) is 1.88. The first-order valence-corrected chi connectivity index (χ1v) is 6.94. The molecule has 0 amide bonds. The molecule has 1 aromatic carbocycles. The number of hydrogen-bond acceptors (Lipinski definition) is 2. The van der Waals surface area contributed by atoms with E-state index in [1.807, 2.05) is 11.3 Å². The Labute approximate surface area is 107 Å². The van der Waals surface area contributed by atoms with Crippen LogP contribution in [-0.2, 0) is 0 Å². The molecule has 0 saturated carbocycles. The van der Waals surface area contributed by atoms with Gasteiger partial charge in [-0.25, -0.2) is 0 Å². The molecule has 0 bridgehead atoms. The molecule has 1 aromatic heterocycles. The first-order chi connectivity index (χ1) is 8.20. The highest BCUT2D eigenvalue weighted by Gasteiger charge is 2.09. The summed E-state index contributed by atoms with van der Waals surface area (Å²) in [7, 11) is 0. The van der Waals surface area contributed by atoms with Gasteiger partial charge in [0.1, 0.15) is 0 Å². The van der Waals surface area contributed by atoms with Gasteiger partial charge in [-0.05, 0) is 31.0 Å². The minimum atomic E-state index is 0.198. The van der Waals surface area contributed by atoms with Gasteiger partial charge in [0, 0.05) is 15.8 Å². The summed E-state index contributed by atoms with van der Waals surface area (Å²) in [6.07, 6.45) is 2.20. The van der Waals surface area contributed by atoms with Crippen molar-refractivity contribution in [3.63, 3.8) is 0 Å². The van der Waals surface area contributed by atoms with E-state index in [1.54, 1.807) is 0 Å². The predicted molar refractivity (Wildman–Crippen MR) is 76.3 cm³/mol. The summed E-state index contributed by atoms with van der Waals surface area (Å²) in [6, 6.07) is 13.2. The third-order valence-corrected chi connectivity index (χ3v) is 4.19. The highest BCUT2D eigenvalue weighted by molar-refractivity contribution is 7.15. The van der Waals surface area contributed by atoms with Gasteiger partial charge in [0.25, 0.3) is 0 Å². The van der Waals surface area contributed by atoms with Gasteiger partial charge < -0.3 is 5.73 Å².